The van der Waals surface area contributed by atoms with Gasteiger partial charge in [0.05, 0.1) is 21.3 Å². The standard InChI is InChI=1S/C18H17NO5/c1-21-15-6-10(7-16(22-2)18(15)23-3)13-9-17(19)24-14-8-11(20)4-5-12(13)14/h4-9,19-20H,1-3H3. The number of ether oxygens (including phenoxy) is 3. The summed E-state index contributed by atoms with van der Waals surface area (Å²) >= 11 is 0. The van der Waals surface area contributed by atoms with Crippen LogP contribution in [-0.2, 0) is 0 Å². The first-order chi connectivity index (χ1) is 11.6. The molecule has 3 rings (SSSR count). The molecule has 0 spiro atoms. The highest BCUT2D eigenvalue weighted by molar-refractivity contribution is 5.94. The highest BCUT2D eigenvalue weighted by atomic mass is 16.5. The zero-order valence-corrected chi connectivity index (χ0v) is 13.5. The molecule has 0 atom stereocenters. The number of hydrogen-bond donors (Lipinski definition) is 2. The third-order valence-electron chi connectivity index (χ3n) is 3.73. The maximum Gasteiger partial charge on any atom is 0.212 e. The summed E-state index contributed by atoms with van der Waals surface area (Å²) in [6.07, 6.45) is 0. The van der Waals surface area contributed by atoms with Crippen molar-refractivity contribution < 1.29 is 23.7 Å². The van der Waals surface area contributed by atoms with E-state index in [1.807, 2.05) is 12.1 Å². The second kappa shape index (κ2) is 6.16. The van der Waals surface area contributed by atoms with E-state index in [0.717, 1.165) is 16.5 Å². The normalized spacial score (nSPS) is 10.6. The van der Waals surface area contributed by atoms with Gasteiger partial charge in [0.2, 0.25) is 11.3 Å². The summed E-state index contributed by atoms with van der Waals surface area (Å²) in [5, 5.41) is 18.3. The number of methoxy groups -OCH3 is 3. The van der Waals surface area contributed by atoms with Crippen molar-refractivity contribution in [3.63, 3.8) is 0 Å². The van der Waals surface area contributed by atoms with Crippen LogP contribution in [0.1, 0.15) is 0 Å². The van der Waals surface area contributed by atoms with Crippen LogP contribution in [0.2, 0.25) is 0 Å². The van der Waals surface area contributed by atoms with Gasteiger partial charge in [-0.1, -0.05) is 0 Å². The van der Waals surface area contributed by atoms with Gasteiger partial charge in [0, 0.05) is 17.5 Å². The van der Waals surface area contributed by atoms with Crippen molar-refractivity contribution in [2.45, 2.75) is 0 Å². The molecule has 0 saturated heterocycles. The minimum Gasteiger partial charge on any atom is -0.508 e. The van der Waals surface area contributed by atoms with Crippen molar-refractivity contribution in [3.05, 3.63) is 42.0 Å². The van der Waals surface area contributed by atoms with Gasteiger partial charge in [-0.05, 0) is 35.4 Å². The molecule has 6 heteroatoms. The van der Waals surface area contributed by atoms with Crippen molar-refractivity contribution in [2.24, 2.45) is 0 Å². The van der Waals surface area contributed by atoms with E-state index < -0.39 is 0 Å². The van der Waals surface area contributed by atoms with Crippen molar-refractivity contribution in [3.8, 4) is 34.1 Å². The summed E-state index contributed by atoms with van der Waals surface area (Å²) in [6, 6.07) is 10.0. The monoisotopic (exact) mass is 327 g/mol. The zero-order valence-electron chi connectivity index (χ0n) is 13.5. The average molecular weight is 327 g/mol. The minimum absolute atomic E-state index is 0.0168. The van der Waals surface area contributed by atoms with E-state index in [2.05, 4.69) is 0 Å². The van der Waals surface area contributed by atoms with Crippen molar-refractivity contribution in [2.75, 3.05) is 21.3 Å². The lowest BCUT2D eigenvalue weighted by molar-refractivity contribution is 0.324. The first-order valence-corrected chi connectivity index (χ1v) is 7.19. The molecule has 0 saturated carbocycles. The Hall–Kier alpha value is -3.15. The highest BCUT2D eigenvalue weighted by Crippen LogP contribution is 2.42. The zero-order chi connectivity index (χ0) is 17.3. The number of fused-ring (bicyclic) bond motifs is 1. The third kappa shape index (κ3) is 2.62. The fourth-order valence-corrected chi connectivity index (χ4v) is 2.65. The van der Waals surface area contributed by atoms with E-state index in [4.69, 9.17) is 24.0 Å². The molecule has 0 amide bonds. The summed E-state index contributed by atoms with van der Waals surface area (Å²) in [5.41, 5.74) is 1.95. The molecule has 1 heterocycles. The largest absolute Gasteiger partial charge is 0.508 e. The minimum atomic E-state index is -0.0168. The van der Waals surface area contributed by atoms with E-state index in [1.165, 1.54) is 6.07 Å². The molecule has 24 heavy (non-hydrogen) atoms. The molecule has 0 aliphatic rings. The van der Waals surface area contributed by atoms with Gasteiger partial charge in [0.15, 0.2) is 11.5 Å². The van der Waals surface area contributed by atoms with Crippen molar-refractivity contribution in [1.29, 1.82) is 5.41 Å². The predicted molar refractivity (Wildman–Crippen MR) is 88.8 cm³/mol. The Kier molecular flexibility index (Phi) is 4.04. The molecule has 1 aromatic heterocycles. The number of benzene rings is 2. The summed E-state index contributed by atoms with van der Waals surface area (Å²) in [4.78, 5) is 0. The molecule has 0 bridgehead atoms. The van der Waals surface area contributed by atoms with Crippen LogP contribution in [0.3, 0.4) is 0 Å². The molecule has 2 aromatic carbocycles. The fourth-order valence-electron chi connectivity index (χ4n) is 2.65. The van der Waals surface area contributed by atoms with Crippen molar-refractivity contribution >= 4 is 11.0 Å². The predicted octanol–water partition coefficient (Wildman–Crippen LogP) is 3.31. The number of phenols is 1. The van der Waals surface area contributed by atoms with Gasteiger partial charge in [0.1, 0.15) is 11.3 Å². The fraction of sp³-hybridized carbons (Fsp3) is 0.167. The Morgan fingerprint density at radius 1 is 0.917 bits per heavy atom. The van der Waals surface area contributed by atoms with Crippen LogP contribution in [-0.4, -0.2) is 26.4 Å². The first kappa shape index (κ1) is 15.7. The van der Waals surface area contributed by atoms with E-state index in [0.29, 0.717) is 22.8 Å². The SMILES string of the molecule is COc1cc(-c2cc(=N)oc3cc(O)ccc23)cc(OC)c1OC. The van der Waals surface area contributed by atoms with Crippen LogP contribution in [0.15, 0.2) is 40.8 Å². The summed E-state index contributed by atoms with van der Waals surface area (Å²) < 4.78 is 21.5. The quantitative estimate of drug-likeness (QED) is 0.768. The lowest BCUT2D eigenvalue weighted by Crippen LogP contribution is -2.00. The van der Waals surface area contributed by atoms with Crippen LogP contribution >= 0.6 is 0 Å². The van der Waals surface area contributed by atoms with Crippen LogP contribution in [0.4, 0.5) is 0 Å². The number of hydrogen-bond acceptors (Lipinski definition) is 6. The van der Waals surface area contributed by atoms with Gasteiger partial charge in [0.25, 0.3) is 0 Å². The topological polar surface area (TPSA) is 84.9 Å². The molecular formula is C18H17NO5. The molecule has 124 valence electrons. The van der Waals surface area contributed by atoms with E-state index >= 15 is 0 Å². The first-order valence-electron chi connectivity index (χ1n) is 7.19. The Morgan fingerprint density at radius 2 is 1.58 bits per heavy atom. The van der Waals surface area contributed by atoms with Gasteiger partial charge in [-0.15, -0.1) is 0 Å². The molecule has 0 radical (unpaired) electrons. The van der Waals surface area contributed by atoms with Crippen LogP contribution in [0, 0.1) is 5.41 Å². The summed E-state index contributed by atoms with van der Waals surface area (Å²) in [5.74, 6) is 1.61. The van der Waals surface area contributed by atoms with Crippen LogP contribution in [0.25, 0.3) is 22.1 Å². The Labute approximate surface area is 138 Å². The average Bonchev–Trinajstić information content (AvgIpc) is 2.59. The van der Waals surface area contributed by atoms with Crippen LogP contribution < -0.4 is 19.8 Å². The second-order valence-electron chi connectivity index (χ2n) is 5.12. The number of rotatable bonds is 4. The highest BCUT2D eigenvalue weighted by Gasteiger charge is 2.16. The summed E-state index contributed by atoms with van der Waals surface area (Å²) in [6.45, 7) is 0. The lowest BCUT2D eigenvalue weighted by Gasteiger charge is -2.15. The molecule has 0 unspecified atom stereocenters. The summed E-state index contributed by atoms with van der Waals surface area (Å²) in [7, 11) is 4.64. The van der Waals surface area contributed by atoms with Crippen molar-refractivity contribution in [1.82, 2.24) is 0 Å². The Balaban J connectivity index is 2.33. The van der Waals surface area contributed by atoms with Gasteiger partial charge in [-0.3, -0.25) is 5.41 Å². The molecule has 2 N–H and O–H groups in total. The number of aromatic hydroxyl groups is 1. The molecule has 3 aromatic rings. The molecule has 0 fully saturated rings. The molecule has 6 nitrogen and oxygen atoms in total. The number of phenolic OH excluding ortho intramolecular Hbond substituents is 1. The Bertz CT molecular complexity index is 936. The lowest BCUT2D eigenvalue weighted by atomic mass is 10.0. The van der Waals surface area contributed by atoms with Gasteiger partial charge in [-0.25, -0.2) is 0 Å². The van der Waals surface area contributed by atoms with Gasteiger partial charge < -0.3 is 23.7 Å². The van der Waals surface area contributed by atoms with E-state index in [1.54, 1.807) is 39.5 Å². The molecule has 0 aliphatic carbocycles. The third-order valence-corrected chi connectivity index (χ3v) is 3.73. The van der Waals surface area contributed by atoms with Crippen LogP contribution in [0.5, 0.6) is 23.0 Å². The molecule has 0 aliphatic heterocycles. The maximum atomic E-state index is 9.64. The number of nitrogens with one attached hydrogen (secondary N) is 1. The van der Waals surface area contributed by atoms with E-state index in [9.17, 15) is 5.11 Å². The Morgan fingerprint density at radius 3 is 2.17 bits per heavy atom. The smallest absolute Gasteiger partial charge is 0.212 e. The van der Waals surface area contributed by atoms with Gasteiger partial charge in [-0.2, -0.15) is 0 Å². The maximum absolute atomic E-state index is 9.64. The second-order valence-corrected chi connectivity index (χ2v) is 5.12. The van der Waals surface area contributed by atoms with Gasteiger partial charge >= 0.3 is 0 Å². The molecular weight excluding hydrogens is 310 g/mol. The van der Waals surface area contributed by atoms with E-state index in [-0.39, 0.29) is 11.3 Å².